The van der Waals surface area contributed by atoms with Crippen LogP contribution in [0.3, 0.4) is 0 Å². The predicted molar refractivity (Wildman–Crippen MR) is 115 cm³/mol. The number of hydrogen-bond acceptors (Lipinski definition) is 4. The van der Waals surface area contributed by atoms with E-state index >= 15 is 0 Å². The minimum absolute atomic E-state index is 0.0132. The van der Waals surface area contributed by atoms with Crippen molar-refractivity contribution in [2.24, 2.45) is 0 Å². The van der Waals surface area contributed by atoms with E-state index in [1.165, 1.54) is 23.1 Å². The van der Waals surface area contributed by atoms with Crippen LogP contribution in [0.4, 0.5) is 4.39 Å². The number of hydrogen-bond donors (Lipinski definition) is 1. The van der Waals surface area contributed by atoms with E-state index in [0.717, 1.165) is 5.56 Å². The number of nitrogens with one attached hydrogen (secondary N) is 1. The van der Waals surface area contributed by atoms with Crippen LogP contribution in [0.15, 0.2) is 77.6 Å². The summed E-state index contributed by atoms with van der Waals surface area (Å²) < 4.78 is 19.5. The topological polar surface area (TPSA) is 75.3 Å². The molecule has 3 aromatic carbocycles. The highest BCUT2D eigenvalue weighted by Crippen LogP contribution is 2.18. The van der Waals surface area contributed by atoms with E-state index < -0.39 is 11.7 Å². The van der Waals surface area contributed by atoms with E-state index in [0.29, 0.717) is 22.5 Å². The number of ether oxygens (including phenoxy) is 1. The Balaban J connectivity index is 1.70. The lowest BCUT2D eigenvalue weighted by Gasteiger charge is -2.23. The number of carbonyl (C=O) groups is 1. The van der Waals surface area contributed by atoms with Gasteiger partial charge in [-0.25, -0.2) is 9.37 Å². The molecular formula is C24H20FN3O3. The molecule has 0 saturated heterocycles. The van der Waals surface area contributed by atoms with Crippen LogP contribution >= 0.6 is 0 Å². The van der Waals surface area contributed by atoms with Crippen LogP contribution in [0.25, 0.3) is 10.9 Å². The molecule has 0 radical (unpaired) electrons. The number of aromatic nitrogens is 2. The second-order valence-electron chi connectivity index (χ2n) is 7.02. The summed E-state index contributed by atoms with van der Waals surface area (Å²) in [6, 6.07) is 20.0. The first-order valence-corrected chi connectivity index (χ1v) is 9.70. The smallest absolute Gasteiger partial charge is 0.258 e. The van der Waals surface area contributed by atoms with Crippen LogP contribution in [0.5, 0.6) is 5.75 Å². The summed E-state index contributed by atoms with van der Waals surface area (Å²) in [7, 11) is 1.57. The number of benzene rings is 3. The molecule has 1 aromatic heterocycles. The Kier molecular flexibility index (Phi) is 5.75. The summed E-state index contributed by atoms with van der Waals surface area (Å²) in [5.74, 6) is -0.0879. The van der Waals surface area contributed by atoms with Gasteiger partial charge in [0.05, 0.1) is 30.1 Å². The van der Waals surface area contributed by atoms with Gasteiger partial charge in [0.15, 0.2) is 0 Å². The van der Waals surface area contributed by atoms with Crippen molar-refractivity contribution in [2.45, 2.75) is 13.1 Å². The number of rotatable bonds is 6. The molecule has 0 spiro atoms. The number of fused-ring (bicyclic) bond motifs is 1. The first-order chi connectivity index (χ1) is 15.0. The van der Waals surface area contributed by atoms with Crippen molar-refractivity contribution in [1.82, 2.24) is 14.9 Å². The Bertz CT molecular complexity index is 1290. The first-order valence-electron chi connectivity index (χ1n) is 9.70. The van der Waals surface area contributed by atoms with Gasteiger partial charge >= 0.3 is 0 Å². The summed E-state index contributed by atoms with van der Waals surface area (Å²) in [6.07, 6.45) is 0. The molecule has 0 fully saturated rings. The van der Waals surface area contributed by atoms with Gasteiger partial charge in [-0.1, -0.05) is 36.4 Å². The third kappa shape index (κ3) is 4.45. The van der Waals surface area contributed by atoms with Gasteiger partial charge in [0, 0.05) is 6.54 Å². The Morgan fingerprint density at radius 1 is 1.00 bits per heavy atom. The van der Waals surface area contributed by atoms with Crippen molar-refractivity contribution in [1.29, 1.82) is 0 Å². The molecule has 1 amide bonds. The fraction of sp³-hybridized carbons (Fsp3) is 0.125. The molecule has 0 atom stereocenters. The molecule has 0 bridgehead atoms. The quantitative estimate of drug-likeness (QED) is 0.516. The highest BCUT2D eigenvalue weighted by Gasteiger charge is 2.21. The molecule has 7 heteroatoms. The SMILES string of the molecule is COc1ccc(CN(Cc2nc3ccccc3c(=O)[nH]2)C(=O)c2ccccc2F)cc1. The minimum Gasteiger partial charge on any atom is -0.497 e. The van der Waals surface area contributed by atoms with Crippen molar-refractivity contribution in [3.63, 3.8) is 0 Å². The molecule has 156 valence electrons. The lowest BCUT2D eigenvalue weighted by atomic mass is 10.1. The maximum absolute atomic E-state index is 14.3. The Labute approximate surface area is 177 Å². The normalized spacial score (nSPS) is 10.8. The maximum Gasteiger partial charge on any atom is 0.258 e. The van der Waals surface area contributed by atoms with Crippen molar-refractivity contribution in [3.05, 3.63) is 106 Å². The molecule has 4 rings (SSSR count). The molecule has 4 aromatic rings. The largest absolute Gasteiger partial charge is 0.497 e. The molecule has 0 aliphatic rings. The second kappa shape index (κ2) is 8.79. The fourth-order valence-electron chi connectivity index (χ4n) is 3.35. The van der Waals surface area contributed by atoms with Gasteiger partial charge in [0.2, 0.25) is 0 Å². The van der Waals surface area contributed by atoms with Crippen molar-refractivity contribution in [3.8, 4) is 5.75 Å². The molecular weight excluding hydrogens is 397 g/mol. The van der Waals surface area contributed by atoms with Crippen LogP contribution in [0.1, 0.15) is 21.7 Å². The summed E-state index contributed by atoms with van der Waals surface area (Å²) in [6.45, 7) is 0.215. The van der Waals surface area contributed by atoms with Gasteiger partial charge < -0.3 is 14.6 Å². The first kappa shape index (κ1) is 20.3. The number of halogens is 1. The number of amides is 1. The molecule has 0 aliphatic heterocycles. The second-order valence-corrected chi connectivity index (χ2v) is 7.02. The number of aromatic amines is 1. The van der Waals surface area contributed by atoms with Gasteiger partial charge in [-0.2, -0.15) is 0 Å². The average Bonchev–Trinajstić information content (AvgIpc) is 2.79. The van der Waals surface area contributed by atoms with E-state index in [9.17, 15) is 14.0 Å². The zero-order chi connectivity index (χ0) is 21.8. The van der Waals surface area contributed by atoms with Gasteiger partial charge in [0.1, 0.15) is 17.4 Å². The number of carbonyl (C=O) groups excluding carboxylic acids is 1. The van der Waals surface area contributed by atoms with E-state index in [1.807, 2.05) is 12.1 Å². The van der Waals surface area contributed by atoms with Crippen molar-refractivity contribution in [2.75, 3.05) is 7.11 Å². The van der Waals surface area contributed by atoms with Crippen LogP contribution in [-0.4, -0.2) is 27.9 Å². The highest BCUT2D eigenvalue weighted by atomic mass is 19.1. The van der Waals surface area contributed by atoms with E-state index in [-0.39, 0.29) is 24.2 Å². The molecule has 6 nitrogen and oxygen atoms in total. The average molecular weight is 417 g/mol. The molecule has 0 unspecified atom stereocenters. The van der Waals surface area contributed by atoms with E-state index in [1.54, 1.807) is 49.6 Å². The molecule has 0 aliphatic carbocycles. The van der Waals surface area contributed by atoms with Crippen LogP contribution < -0.4 is 10.3 Å². The summed E-state index contributed by atoms with van der Waals surface area (Å²) in [5, 5.41) is 0.466. The Hall–Kier alpha value is -4.00. The van der Waals surface area contributed by atoms with Gasteiger partial charge in [-0.3, -0.25) is 9.59 Å². The summed E-state index contributed by atoms with van der Waals surface area (Å²) in [5.41, 5.74) is 1.03. The zero-order valence-corrected chi connectivity index (χ0v) is 16.8. The summed E-state index contributed by atoms with van der Waals surface area (Å²) in [4.78, 5) is 34.3. The summed E-state index contributed by atoms with van der Waals surface area (Å²) >= 11 is 0. The number of methoxy groups -OCH3 is 1. The number of H-pyrrole nitrogens is 1. The van der Waals surface area contributed by atoms with Crippen LogP contribution in [0.2, 0.25) is 0 Å². The monoisotopic (exact) mass is 417 g/mol. The van der Waals surface area contributed by atoms with Gasteiger partial charge in [0.25, 0.3) is 11.5 Å². The molecule has 0 saturated carbocycles. The van der Waals surface area contributed by atoms with Crippen LogP contribution in [-0.2, 0) is 13.1 Å². The molecule has 1 heterocycles. The van der Waals surface area contributed by atoms with Gasteiger partial charge in [-0.15, -0.1) is 0 Å². The third-order valence-electron chi connectivity index (χ3n) is 4.93. The van der Waals surface area contributed by atoms with Gasteiger partial charge in [-0.05, 0) is 42.0 Å². The van der Waals surface area contributed by atoms with E-state index in [2.05, 4.69) is 9.97 Å². The predicted octanol–water partition coefficient (Wildman–Crippen LogP) is 3.91. The van der Waals surface area contributed by atoms with Crippen LogP contribution in [0, 0.1) is 5.82 Å². The van der Waals surface area contributed by atoms with Crippen molar-refractivity contribution >= 4 is 16.8 Å². The number of para-hydroxylation sites is 1. The van der Waals surface area contributed by atoms with E-state index in [4.69, 9.17) is 4.74 Å². The molecule has 1 N–H and O–H groups in total. The third-order valence-corrected chi connectivity index (χ3v) is 4.93. The molecule has 31 heavy (non-hydrogen) atoms. The minimum atomic E-state index is -0.604. The standard InChI is InChI=1S/C24H20FN3O3/c1-31-17-12-10-16(11-13-17)14-28(24(30)18-6-2-4-8-20(18)25)15-22-26-21-9-5-3-7-19(21)23(29)27-22/h2-13H,14-15H2,1H3,(H,26,27,29). The number of nitrogens with zero attached hydrogens (tertiary/aromatic N) is 2. The maximum atomic E-state index is 14.3. The Morgan fingerprint density at radius 3 is 2.45 bits per heavy atom. The zero-order valence-electron chi connectivity index (χ0n) is 16.8. The highest BCUT2D eigenvalue weighted by molar-refractivity contribution is 5.94. The lowest BCUT2D eigenvalue weighted by molar-refractivity contribution is 0.0720. The lowest BCUT2D eigenvalue weighted by Crippen LogP contribution is -2.32. The Morgan fingerprint density at radius 2 is 1.71 bits per heavy atom. The van der Waals surface area contributed by atoms with Crippen molar-refractivity contribution < 1.29 is 13.9 Å². The fourth-order valence-corrected chi connectivity index (χ4v) is 3.35.